The molecule has 3 saturated heterocycles. The van der Waals surface area contributed by atoms with Crippen LogP contribution in [0.5, 0.6) is 6.01 Å². The van der Waals surface area contributed by atoms with Crippen LogP contribution in [-0.4, -0.2) is 89.3 Å². The van der Waals surface area contributed by atoms with Crippen molar-refractivity contribution in [2.75, 3.05) is 55.7 Å². The number of benzene rings is 1. The molecular formula is C34H42FN7O2. The Kier molecular flexibility index (Phi) is 7.69. The van der Waals surface area contributed by atoms with Crippen LogP contribution in [0.15, 0.2) is 30.9 Å². The van der Waals surface area contributed by atoms with Crippen molar-refractivity contribution in [3.05, 3.63) is 53.2 Å². The summed E-state index contributed by atoms with van der Waals surface area (Å²) in [7, 11) is 0. The number of fused-ring (bicyclic) bond motifs is 3. The highest BCUT2D eigenvalue weighted by molar-refractivity contribution is 5.87. The van der Waals surface area contributed by atoms with Gasteiger partial charge in [-0.2, -0.15) is 15.2 Å². The number of anilines is 2. The first kappa shape index (κ1) is 29.0. The minimum Gasteiger partial charge on any atom is -0.461 e. The zero-order valence-electron chi connectivity index (χ0n) is 25.7. The second-order valence-corrected chi connectivity index (χ2v) is 13.4. The van der Waals surface area contributed by atoms with Crippen molar-refractivity contribution in [2.24, 2.45) is 5.92 Å². The second-order valence-electron chi connectivity index (χ2n) is 13.4. The average molecular weight is 600 g/mol. The summed E-state index contributed by atoms with van der Waals surface area (Å²) < 4.78 is 20.9. The van der Waals surface area contributed by atoms with Gasteiger partial charge in [-0.15, -0.1) is 0 Å². The van der Waals surface area contributed by atoms with E-state index in [2.05, 4.69) is 52.5 Å². The summed E-state index contributed by atoms with van der Waals surface area (Å²) in [6.45, 7) is 10.8. The van der Waals surface area contributed by atoms with Gasteiger partial charge < -0.3 is 19.4 Å². The van der Waals surface area contributed by atoms with E-state index in [1.807, 2.05) is 0 Å². The molecule has 0 bridgehead atoms. The number of alkyl halides is 1. The third-order valence-corrected chi connectivity index (χ3v) is 10.5. The lowest BCUT2D eigenvalue weighted by atomic mass is 9.95. The van der Waals surface area contributed by atoms with Gasteiger partial charge in [-0.25, -0.2) is 4.39 Å². The van der Waals surface area contributed by atoms with Crippen LogP contribution in [0.2, 0.25) is 0 Å². The van der Waals surface area contributed by atoms with Gasteiger partial charge in [0.15, 0.2) is 0 Å². The van der Waals surface area contributed by atoms with Crippen molar-refractivity contribution in [3.8, 4) is 12.1 Å². The van der Waals surface area contributed by atoms with E-state index in [1.54, 1.807) is 4.90 Å². The Hall–Kier alpha value is -3.71. The highest BCUT2D eigenvalue weighted by Gasteiger charge is 2.49. The molecule has 2 aromatic rings. The molecule has 0 spiro atoms. The standard InChI is InChI=1S/C34H42FN7O2/c1-3-31(43)42-15-14-40(20-26(42)8-11-36)32-27-9-13-39(30-7-4-6-24-16-23(2)17-28(24)30)21-29(27)37-33(38-32)44-22-34-10-5-12-41(34)19-25(35)18-34/h3-4,6-7,23,25-26H,1,5,8-10,12-22H2,2H3/t23-,25-,26+,34?/m1/s1. The number of rotatable bonds is 7. The van der Waals surface area contributed by atoms with Gasteiger partial charge in [0.25, 0.3) is 0 Å². The Bertz CT molecular complexity index is 1490. The van der Waals surface area contributed by atoms with E-state index in [0.29, 0.717) is 57.7 Å². The summed E-state index contributed by atoms with van der Waals surface area (Å²) in [6, 6.07) is 9.01. The topological polar surface area (TPSA) is 88.8 Å². The number of nitrogens with zero attached hydrogens (tertiary/aromatic N) is 7. The summed E-state index contributed by atoms with van der Waals surface area (Å²) in [4.78, 5) is 31.2. The number of amides is 1. The summed E-state index contributed by atoms with van der Waals surface area (Å²) in [6.07, 6.45) is 6.22. The van der Waals surface area contributed by atoms with Gasteiger partial charge in [0, 0.05) is 50.4 Å². The van der Waals surface area contributed by atoms with Crippen LogP contribution in [0.3, 0.4) is 0 Å². The minimum absolute atomic E-state index is 0.151. The molecule has 9 nitrogen and oxygen atoms in total. The number of aromatic nitrogens is 2. The third-order valence-electron chi connectivity index (χ3n) is 10.5. The normalized spacial score (nSPS) is 27.9. The van der Waals surface area contributed by atoms with Gasteiger partial charge in [-0.05, 0) is 67.8 Å². The van der Waals surface area contributed by atoms with Crippen molar-refractivity contribution >= 4 is 17.4 Å². The molecule has 5 heterocycles. The van der Waals surface area contributed by atoms with Gasteiger partial charge >= 0.3 is 6.01 Å². The molecule has 0 N–H and O–H groups in total. The van der Waals surface area contributed by atoms with Crippen LogP contribution >= 0.6 is 0 Å². The fourth-order valence-corrected chi connectivity index (χ4v) is 8.44. The summed E-state index contributed by atoms with van der Waals surface area (Å²) in [5.41, 5.74) is 5.98. The summed E-state index contributed by atoms with van der Waals surface area (Å²) in [5, 5.41) is 9.56. The molecule has 1 aromatic heterocycles. The Labute approximate surface area is 259 Å². The van der Waals surface area contributed by atoms with Crippen molar-refractivity contribution in [3.63, 3.8) is 0 Å². The predicted molar refractivity (Wildman–Crippen MR) is 166 cm³/mol. The van der Waals surface area contributed by atoms with Gasteiger partial charge in [0.2, 0.25) is 5.91 Å². The van der Waals surface area contributed by atoms with Crippen molar-refractivity contribution in [1.29, 1.82) is 5.26 Å². The molecule has 1 aliphatic carbocycles. The van der Waals surface area contributed by atoms with Crippen LogP contribution in [0.4, 0.5) is 15.9 Å². The van der Waals surface area contributed by atoms with E-state index in [1.165, 1.54) is 22.9 Å². The van der Waals surface area contributed by atoms with Crippen molar-refractivity contribution in [1.82, 2.24) is 19.8 Å². The van der Waals surface area contributed by atoms with Crippen LogP contribution in [-0.2, 0) is 30.6 Å². The SMILES string of the molecule is C=CC(=O)N1CCN(c2nc(OCC34CCCN3C[C@H](F)C4)nc3c2CCN(c2cccc4c2C[C@H](C)C4)C3)C[C@@H]1CC#N. The Morgan fingerprint density at radius 3 is 2.91 bits per heavy atom. The number of ether oxygens (including phenoxy) is 1. The molecule has 4 atom stereocenters. The zero-order valence-corrected chi connectivity index (χ0v) is 25.7. The quantitative estimate of drug-likeness (QED) is 0.444. The van der Waals surface area contributed by atoms with Crippen molar-refractivity contribution in [2.45, 2.75) is 76.2 Å². The lowest BCUT2D eigenvalue weighted by Gasteiger charge is -2.42. The lowest BCUT2D eigenvalue weighted by molar-refractivity contribution is -0.128. The first-order valence-electron chi connectivity index (χ1n) is 16.2. The molecule has 1 unspecified atom stereocenters. The Morgan fingerprint density at radius 2 is 2.07 bits per heavy atom. The molecule has 0 radical (unpaired) electrons. The molecule has 4 aliphatic heterocycles. The van der Waals surface area contributed by atoms with E-state index >= 15 is 0 Å². The molecule has 44 heavy (non-hydrogen) atoms. The predicted octanol–water partition coefficient (Wildman–Crippen LogP) is 3.85. The molecule has 3 fully saturated rings. The largest absolute Gasteiger partial charge is 0.461 e. The number of carbonyl (C=O) groups excluding carboxylic acids is 1. The summed E-state index contributed by atoms with van der Waals surface area (Å²) in [5.74, 6) is 1.34. The minimum atomic E-state index is -0.825. The summed E-state index contributed by atoms with van der Waals surface area (Å²) >= 11 is 0. The number of halogens is 1. The zero-order chi connectivity index (χ0) is 30.4. The fraction of sp³-hybridized carbons (Fsp3) is 0.588. The smallest absolute Gasteiger partial charge is 0.318 e. The fourth-order valence-electron chi connectivity index (χ4n) is 8.44. The maximum absolute atomic E-state index is 14.5. The van der Waals surface area contributed by atoms with E-state index in [4.69, 9.17) is 14.7 Å². The number of piperazine rings is 1. The van der Waals surface area contributed by atoms with E-state index in [-0.39, 0.29) is 23.9 Å². The van der Waals surface area contributed by atoms with Crippen LogP contribution in [0.25, 0.3) is 0 Å². The van der Waals surface area contributed by atoms with Crippen LogP contribution in [0.1, 0.15) is 55.0 Å². The highest BCUT2D eigenvalue weighted by atomic mass is 19.1. The van der Waals surface area contributed by atoms with Gasteiger partial charge in [0.1, 0.15) is 18.6 Å². The second kappa shape index (κ2) is 11.7. The number of carbonyl (C=O) groups is 1. The van der Waals surface area contributed by atoms with Crippen LogP contribution in [0, 0.1) is 17.2 Å². The average Bonchev–Trinajstić information content (AvgIpc) is 3.69. The lowest BCUT2D eigenvalue weighted by Crippen LogP contribution is -2.55. The van der Waals surface area contributed by atoms with Gasteiger partial charge in [-0.1, -0.05) is 25.6 Å². The molecule has 7 rings (SSSR count). The molecule has 10 heteroatoms. The maximum atomic E-state index is 14.5. The Morgan fingerprint density at radius 1 is 1.18 bits per heavy atom. The monoisotopic (exact) mass is 599 g/mol. The highest BCUT2D eigenvalue weighted by Crippen LogP contribution is 2.41. The van der Waals surface area contributed by atoms with Crippen LogP contribution < -0.4 is 14.5 Å². The molecule has 232 valence electrons. The number of hydrogen-bond donors (Lipinski definition) is 0. The van der Waals surface area contributed by atoms with Gasteiger partial charge in [0.05, 0.1) is 36.3 Å². The first-order chi connectivity index (χ1) is 21.4. The van der Waals surface area contributed by atoms with E-state index < -0.39 is 6.17 Å². The van der Waals surface area contributed by atoms with E-state index in [9.17, 15) is 14.4 Å². The molecular weight excluding hydrogens is 557 g/mol. The first-order valence-corrected chi connectivity index (χ1v) is 16.2. The number of hydrogen-bond acceptors (Lipinski definition) is 8. The van der Waals surface area contributed by atoms with Crippen molar-refractivity contribution < 1.29 is 13.9 Å². The molecule has 1 aromatic carbocycles. The maximum Gasteiger partial charge on any atom is 0.318 e. The van der Waals surface area contributed by atoms with Gasteiger partial charge in [-0.3, -0.25) is 9.69 Å². The third kappa shape index (κ3) is 5.19. The molecule has 5 aliphatic rings. The van der Waals surface area contributed by atoms with E-state index in [0.717, 1.165) is 62.3 Å². The molecule has 1 amide bonds. The molecule has 0 saturated carbocycles. The number of nitriles is 1. The Balaban J connectivity index is 1.21.